The van der Waals surface area contributed by atoms with Gasteiger partial charge in [0.1, 0.15) is 6.23 Å². The average Bonchev–Trinajstić information content (AvgIpc) is 3.59. The first-order valence-electron chi connectivity index (χ1n) is 15.5. The van der Waals surface area contributed by atoms with Crippen molar-refractivity contribution < 1.29 is 33.7 Å². The molecule has 3 rings (SSSR count). The lowest BCUT2D eigenvalue weighted by Crippen LogP contribution is -2.36. The van der Waals surface area contributed by atoms with Crippen LogP contribution in [-0.2, 0) is 19.0 Å². The third-order valence-electron chi connectivity index (χ3n) is 7.34. The summed E-state index contributed by atoms with van der Waals surface area (Å²) in [7, 11) is 0. The summed E-state index contributed by atoms with van der Waals surface area (Å²) < 4.78 is 16.7. The summed E-state index contributed by atoms with van der Waals surface area (Å²) in [6, 6.07) is 7.91. The number of amides is 3. The van der Waals surface area contributed by atoms with Gasteiger partial charge in [0.2, 0.25) is 5.91 Å². The number of nitrogens with zero attached hydrogens (tertiary/aromatic N) is 2. The van der Waals surface area contributed by atoms with E-state index < -0.39 is 6.23 Å². The second kappa shape index (κ2) is 21.1. The fourth-order valence-electron chi connectivity index (χ4n) is 4.88. The lowest BCUT2D eigenvalue weighted by atomic mass is 10.0. The number of aliphatic hydroxyl groups excluding tert-OH is 1. The number of aliphatic hydroxyl groups is 1. The number of hydrogen-bond donors (Lipinski definition) is 5. The number of fused-ring (bicyclic) bond motifs is 1. The fraction of sp³-hybridized carbons (Fsp3) is 0.645. The Morgan fingerprint density at radius 3 is 2.43 bits per heavy atom. The first-order chi connectivity index (χ1) is 21.5. The Hall–Kier alpha value is -2.77. The molecule has 5 N–H and O–H groups in total. The van der Waals surface area contributed by atoms with E-state index in [0.29, 0.717) is 70.1 Å². The highest BCUT2D eigenvalue weighted by Crippen LogP contribution is 2.33. The second-order valence-corrected chi connectivity index (χ2v) is 12.1. The number of carbonyl (C=O) groups excluding carboxylic acids is 2. The lowest BCUT2D eigenvalue weighted by molar-refractivity contribution is -0.121. The maximum atomic E-state index is 12.0. The molecule has 0 spiro atoms. The van der Waals surface area contributed by atoms with E-state index >= 15 is 0 Å². The summed E-state index contributed by atoms with van der Waals surface area (Å²) in [6.07, 6.45) is 7.71. The van der Waals surface area contributed by atoms with Crippen molar-refractivity contribution in [3.63, 3.8) is 0 Å². The molecule has 44 heavy (non-hydrogen) atoms. The molecule has 12 nitrogen and oxygen atoms in total. The van der Waals surface area contributed by atoms with Gasteiger partial charge in [-0.25, -0.2) is 4.79 Å². The molecular formula is C31H48N6O6S. The third kappa shape index (κ3) is 13.9. The second-order valence-electron chi connectivity index (χ2n) is 10.9. The fourth-order valence-corrected chi connectivity index (χ4v) is 6.42. The molecule has 3 amide bonds. The van der Waals surface area contributed by atoms with Gasteiger partial charge in [-0.15, -0.1) is 0 Å². The lowest BCUT2D eigenvalue weighted by Gasteiger charge is -2.16. The van der Waals surface area contributed by atoms with Gasteiger partial charge in [-0.3, -0.25) is 10.1 Å². The summed E-state index contributed by atoms with van der Waals surface area (Å²) in [6.45, 7) is 6.04. The SMILES string of the molecule is CC(C=Cc1ccc(C(O)NCCCOCCOCCOCCCNC(=O)CCCCC2SCC3NC(=O)NC32)cc1)=[N+]=[N-]. The minimum atomic E-state index is -0.754. The van der Waals surface area contributed by atoms with Crippen LogP contribution in [0.1, 0.15) is 62.8 Å². The van der Waals surface area contributed by atoms with Crippen molar-refractivity contribution in [2.45, 2.75) is 69.0 Å². The number of nitrogens with one attached hydrogen (secondary N) is 4. The van der Waals surface area contributed by atoms with Gasteiger partial charge in [0.05, 0.1) is 38.5 Å². The van der Waals surface area contributed by atoms with Crippen LogP contribution < -0.4 is 21.3 Å². The summed E-state index contributed by atoms with van der Waals surface area (Å²) in [5.41, 5.74) is 10.9. The van der Waals surface area contributed by atoms with Crippen LogP contribution in [0.4, 0.5) is 4.79 Å². The van der Waals surface area contributed by atoms with E-state index in [2.05, 4.69) is 26.1 Å². The zero-order valence-electron chi connectivity index (χ0n) is 25.7. The molecule has 13 heteroatoms. The largest absolute Gasteiger partial charge is 0.379 e. The highest BCUT2D eigenvalue weighted by molar-refractivity contribution is 8.00. The van der Waals surface area contributed by atoms with Crippen LogP contribution in [0.25, 0.3) is 11.6 Å². The molecule has 244 valence electrons. The molecule has 0 aromatic heterocycles. The maximum Gasteiger partial charge on any atom is 0.315 e. The molecule has 4 unspecified atom stereocenters. The number of urea groups is 1. The van der Waals surface area contributed by atoms with Crippen LogP contribution in [0.15, 0.2) is 30.3 Å². The zero-order valence-corrected chi connectivity index (χ0v) is 26.5. The van der Waals surface area contributed by atoms with Gasteiger partial charge in [0.15, 0.2) is 0 Å². The summed E-state index contributed by atoms with van der Waals surface area (Å²) in [5, 5.41) is 22.7. The Balaban J connectivity index is 1.04. The number of allylic oxidation sites excluding steroid dienone is 1. The van der Waals surface area contributed by atoms with Gasteiger partial charge in [0, 0.05) is 50.2 Å². The first-order valence-corrected chi connectivity index (χ1v) is 16.6. The number of unbranched alkanes of at least 4 members (excludes halogenated alkanes) is 1. The van der Waals surface area contributed by atoms with E-state index in [1.807, 2.05) is 42.1 Å². The van der Waals surface area contributed by atoms with Gasteiger partial charge in [-0.05, 0) is 49.4 Å². The molecule has 2 saturated heterocycles. The van der Waals surface area contributed by atoms with Crippen molar-refractivity contribution >= 4 is 35.5 Å². The van der Waals surface area contributed by atoms with Crippen molar-refractivity contribution in [2.75, 3.05) is 58.5 Å². The number of thioether (sulfide) groups is 1. The predicted octanol–water partition coefficient (Wildman–Crippen LogP) is 2.64. The number of benzene rings is 1. The normalized spacial score (nSPS) is 19.8. The quantitative estimate of drug-likeness (QED) is 0.0307. The van der Waals surface area contributed by atoms with Crippen LogP contribution in [0, 0.1) is 0 Å². The summed E-state index contributed by atoms with van der Waals surface area (Å²) in [5.74, 6) is 1.04. The van der Waals surface area contributed by atoms with Crippen molar-refractivity contribution in [3.05, 3.63) is 47.0 Å². The van der Waals surface area contributed by atoms with Crippen molar-refractivity contribution in [3.8, 4) is 0 Å². The summed E-state index contributed by atoms with van der Waals surface area (Å²) in [4.78, 5) is 26.6. The van der Waals surface area contributed by atoms with Gasteiger partial charge in [-0.2, -0.15) is 16.6 Å². The zero-order chi connectivity index (χ0) is 31.4. The molecule has 0 aliphatic carbocycles. The molecule has 2 heterocycles. The number of hydrogen-bond acceptors (Lipinski definition) is 8. The molecule has 2 aliphatic heterocycles. The Kier molecular flexibility index (Phi) is 17.1. The van der Waals surface area contributed by atoms with Crippen molar-refractivity contribution in [1.82, 2.24) is 21.3 Å². The van der Waals surface area contributed by atoms with Gasteiger partial charge < -0.3 is 40.8 Å². The predicted molar refractivity (Wildman–Crippen MR) is 171 cm³/mol. The Morgan fingerprint density at radius 1 is 1.05 bits per heavy atom. The average molecular weight is 633 g/mol. The van der Waals surface area contributed by atoms with Crippen LogP contribution in [0.5, 0.6) is 0 Å². The maximum absolute atomic E-state index is 12.0. The van der Waals surface area contributed by atoms with E-state index in [1.54, 1.807) is 13.0 Å². The topological polar surface area (TPSA) is 167 Å². The Labute approximate surface area is 264 Å². The summed E-state index contributed by atoms with van der Waals surface area (Å²) >= 11 is 1.91. The first kappa shape index (κ1) is 35.7. The van der Waals surface area contributed by atoms with E-state index in [4.69, 9.17) is 19.7 Å². The Bertz CT molecular complexity index is 1080. The molecule has 0 saturated carbocycles. The smallest absolute Gasteiger partial charge is 0.315 e. The molecule has 2 aliphatic rings. The van der Waals surface area contributed by atoms with Crippen LogP contribution >= 0.6 is 11.8 Å². The minimum Gasteiger partial charge on any atom is -0.379 e. The van der Waals surface area contributed by atoms with E-state index in [-0.39, 0.29) is 24.0 Å². The molecule has 1 aromatic carbocycles. The molecule has 4 atom stereocenters. The van der Waals surface area contributed by atoms with Gasteiger partial charge in [0.25, 0.3) is 5.71 Å². The highest BCUT2D eigenvalue weighted by Gasteiger charge is 2.42. The van der Waals surface area contributed by atoms with E-state index in [0.717, 1.165) is 49.0 Å². The highest BCUT2D eigenvalue weighted by atomic mass is 32.2. The van der Waals surface area contributed by atoms with Crippen LogP contribution in [0.3, 0.4) is 0 Å². The van der Waals surface area contributed by atoms with E-state index in [9.17, 15) is 14.7 Å². The molecule has 0 bridgehead atoms. The molecular weight excluding hydrogens is 584 g/mol. The number of carbonyl (C=O) groups is 2. The molecule has 0 radical (unpaired) electrons. The number of rotatable bonds is 23. The van der Waals surface area contributed by atoms with Gasteiger partial charge in [-0.1, -0.05) is 30.7 Å². The van der Waals surface area contributed by atoms with E-state index in [1.165, 1.54) is 0 Å². The van der Waals surface area contributed by atoms with Crippen LogP contribution in [-0.4, -0.2) is 103 Å². The minimum absolute atomic E-state index is 0.0575. The van der Waals surface area contributed by atoms with Gasteiger partial charge >= 0.3 is 6.03 Å². The monoisotopic (exact) mass is 632 g/mol. The molecule has 1 aromatic rings. The number of ether oxygens (including phenoxy) is 3. The Morgan fingerprint density at radius 2 is 1.73 bits per heavy atom. The van der Waals surface area contributed by atoms with Crippen molar-refractivity contribution in [2.24, 2.45) is 0 Å². The van der Waals surface area contributed by atoms with Crippen molar-refractivity contribution in [1.29, 1.82) is 0 Å². The third-order valence-corrected chi connectivity index (χ3v) is 8.85. The molecule has 2 fully saturated rings. The standard InChI is InChI=1S/C31H48N6O6S/c1-23(37-32)8-9-24-10-12-25(13-11-24)30(39)34-15-5-17-42-19-21-43-20-18-41-16-4-14-33-28(38)7-3-2-6-27-29-26(22-44-27)35-31(40)36-29/h8-13,26-27,29-30,34,39H,2-7,14-22H2,1H3,(H,33,38)(H2,35,36,40). The van der Waals surface area contributed by atoms with Crippen LogP contribution in [0.2, 0.25) is 0 Å².